The summed E-state index contributed by atoms with van der Waals surface area (Å²) in [5, 5.41) is 19.3. The summed E-state index contributed by atoms with van der Waals surface area (Å²) in [7, 11) is 0. The zero-order valence-electron chi connectivity index (χ0n) is 19.9. The molecular formula is C26H20BrClF2N4O4S. The van der Waals surface area contributed by atoms with Crippen LogP contribution >= 0.6 is 39.3 Å². The first-order chi connectivity index (χ1) is 18.9. The van der Waals surface area contributed by atoms with Gasteiger partial charge in [-0.05, 0) is 34.1 Å². The molecule has 0 spiro atoms. The zero-order valence-corrected chi connectivity index (χ0v) is 23.1. The molecule has 2 aromatic heterocycles. The van der Waals surface area contributed by atoms with E-state index in [9.17, 15) is 13.9 Å². The monoisotopic (exact) mass is 636 g/mol. The van der Waals surface area contributed by atoms with Crippen molar-refractivity contribution in [1.29, 1.82) is 0 Å². The molecule has 2 aromatic carbocycles. The second kappa shape index (κ2) is 11.2. The minimum atomic E-state index is -1.11. The van der Waals surface area contributed by atoms with Crippen molar-refractivity contribution >= 4 is 39.3 Å². The summed E-state index contributed by atoms with van der Waals surface area (Å²) >= 11 is 10.3. The van der Waals surface area contributed by atoms with Crippen molar-refractivity contribution in [2.75, 3.05) is 6.61 Å². The van der Waals surface area contributed by atoms with E-state index < -0.39 is 52.7 Å². The third kappa shape index (κ3) is 5.47. The lowest BCUT2D eigenvalue weighted by Crippen LogP contribution is -2.58. The number of halogens is 4. The molecule has 3 unspecified atom stereocenters. The fraction of sp³-hybridized carbons (Fsp3) is 0.269. The first kappa shape index (κ1) is 26.8. The molecule has 2 aliphatic rings. The minimum absolute atomic E-state index is 0.153. The van der Waals surface area contributed by atoms with Crippen LogP contribution in [-0.4, -0.2) is 55.4 Å². The van der Waals surface area contributed by atoms with Crippen LogP contribution in [-0.2, 0) is 14.2 Å². The molecule has 6 rings (SSSR count). The van der Waals surface area contributed by atoms with Gasteiger partial charge in [0.1, 0.15) is 52.1 Å². The third-order valence-corrected chi connectivity index (χ3v) is 8.34. The van der Waals surface area contributed by atoms with Gasteiger partial charge in [0.05, 0.1) is 12.8 Å². The average molecular weight is 638 g/mol. The number of rotatable bonds is 5. The molecule has 0 radical (unpaired) electrons. The lowest BCUT2D eigenvalue weighted by Gasteiger charge is -2.47. The Kier molecular flexibility index (Phi) is 7.68. The Morgan fingerprint density at radius 2 is 1.85 bits per heavy atom. The number of benzene rings is 2. The van der Waals surface area contributed by atoms with Gasteiger partial charge in [0.2, 0.25) is 0 Å². The first-order valence-electron chi connectivity index (χ1n) is 11.9. The number of fused-ring (bicyclic) bond motifs is 1. The molecule has 13 heteroatoms. The molecule has 0 amide bonds. The summed E-state index contributed by atoms with van der Waals surface area (Å²) < 4.78 is 49.1. The van der Waals surface area contributed by atoms with Gasteiger partial charge in [0, 0.05) is 32.9 Å². The van der Waals surface area contributed by atoms with E-state index in [-0.39, 0.29) is 17.9 Å². The van der Waals surface area contributed by atoms with Crippen molar-refractivity contribution in [3.8, 4) is 11.3 Å². The summed E-state index contributed by atoms with van der Waals surface area (Å²) in [6.07, 6.45) is 1.82. The molecular weight excluding hydrogens is 618 g/mol. The van der Waals surface area contributed by atoms with Crippen LogP contribution in [0.1, 0.15) is 17.9 Å². The summed E-state index contributed by atoms with van der Waals surface area (Å²) in [5.41, 5.74) is 0.435. The highest BCUT2D eigenvalue weighted by molar-refractivity contribution is 9.10. The van der Waals surface area contributed by atoms with E-state index in [0.717, 1.165) is 27.1 Å². The summed E-state index contributed by atoms with van der Waals surface area (Å²) in [6, 6.07) is 12.7. The van der Waals surface area contributed by atoms with Crippen LogP contribution in [0.15, 0.2) is 76.5 Å². The summed E-state index contributed by atoms with van der Waals surface area (Å²) in [6.45, 7) is 0.205. The molecule has 0 bridgehead atoms. The number of pyridine rings is 1. The van der Waals surface area contributed by atoms with Gasteiger partial charge >= 0.3 is 0 Å². The Labute approximate surface area is 239 Å². The van der Waals surface area contributed by atoms with Crippen molar-refractivity contribution in [2.45, 2.75) is 41.0 Å². The Morgan fingerprint density at radius 3 is 2.59 bits per heavy atom. The predicted molar refractivity (Wildman–Crippen MR) is 142 cm³/mol. The van der Waals surface area contributed by atoms with Crippen molar-refractivity contribution < 1.29 is 28.1 Å². The maximum Gasteiger partial charge on any atom is 0.184 e. The molecule has 1 N–H and O–H groups in total. The topological polar surface area (TPSA) is 91.5 Å². The summed E-state index contributed by atoms with van der Waals surface area (Å²) in [5.74, 6) is -1.82. The van der Waals surface area contributed by atoms with Crippen LogP contribution in [0, 0.1) is 11.6 Å². The van der Waals surface area contributed by atoms with Crippen molar-refractivity contribution in [3.05, 3.63) is 93.8 Å². The molecule has 4 aromatic rings. The molecule has 8 nitrogen and oxygen atoms in total. The molecule has 2 saturated heterocycles. The molecule has 2 fully saturated rings. The van der Waals surface area contributed by atoms with Crippen molar-refractivity contribution in [2.24, 2.45) is 0 Å². The van der Waals surface area contributed by atoms with Crippen LogP contribution in [0.2, 0.25) is 5.02 Å². The zero-order chi connectivity index (χ0) is 27.1. The number of nitrogens with zero attached hydrogens (tertiary/aromatic N) is 4. The maximum atomic E-state index is 14.1. The third-order valence-electron chi connectivity index (χ3n) is 6.43. The fourth-order valence-electron chi connectivity index (χ4n) is 4.61. The van der Waals surface area contributed by atoms with Crippen LogP contribution in [0.4, 0.5) is 8.78 Å². The molecule has 2 aliphatic heterocycles. The number of hydrogen-bond donors (Lipinski definition) is 1. The van der Waals surface area contributed by atoms with Crippen molar-refractivity contribution in [3.63, 3.8) is 0 Å². The van der Waals surface area contributed by atoms with Crippen LogP contribution in [0.5, 0.6) is 0 Å². The Balaban J connectivity index is 1.34. The second-order valence-corrected chi connectivity index (χ2v) is 11.5. The lowest BCUT2D eigenvalue weighted by atomic mass is 9.96. The van der Waals surface area contributed by atoms with Gasteiger partial charge in [0.15, 0.2) is 6.29 Å². The van der Waals surface area contributed by atoms with Gasteiger partial charge < -0.3 is 19.3 Å². The number of hydrogen-bond acceptors (Lipinski definition) is 8. The Morgan fingerprint density at radius 1 is 1.08 bits per heavy atom. The van der Waals surface area contributed by atoms with Gasteiger partial charge in [0.25, 0.3) is 0 Å². The highest BCUT2D eigenvalue weighted by Gasteiger charge is 2.51. The SMILES string of the molecule is OC1[C@@H](Sc2cncc(Br)c2)OC2COC(c3ccccc3)O[C@@H]2[C@@H]1n1cc(-c2cc(F)c(Cl)c(F)c2)nn1. The number of aliphatic hydroxyl groups excluding tert-OH is 1. The van der Waals surface area contributed by atoms with Gasteiger partial charge in [-0.3, -0.25) is 4.98 Å². The maximum absolute atomic E-state index is 14.1. The van der Waals surface area contributed by atoms with Crippen LogP contribution in [0.25, 0.3) is 11.3 Å². The van der Waals surface area contributed by atoms with Gasteiger partial charge in [-0.1, -0.05) is 58.9 Å². The van der Waals surface area contributed by atoms with E-state index >= 15 is 0 Å². The minimum Gasteiger partial charge on any atom is -0.387 e. The van der Waals surface area contributed by atoms with Gasteiger partial charge in [-0.15, -0.1) is 5.10 Å². The normalized spacial score (nSPS) is 26.8. The highest BCUT2D eigenvalue weighted by Crippen LogP contribution is 2.43. The predicted octanol–water partition coefficient (Wildman–Crippen LogP) is 5.57. The number of aliphatic hydroxyl groups is 1. The lowest BCUT2D eigenvalue weighted by molar-refractivity contribution is -0.306. The highest BCUT2D eigenvalue weighted by atomic mass is 79.9. The number of aromatic nitrogens is 4. The average Bonchev–Trinajstić information content (AvgIpc) is 3.42. The van der Waals surface area contributed by atoms with E-state index in [0.29, 0.717) is 0 Å². The molecule has 0 aliphatic carbocycles. The smallest absolute Gasteiger partial charge is 0.184 e. The molecule has 4 heterocycles. The second-order valence-electron chi connectivity index (χ2n) is 9.00. The molecule has 202 valence electrons. The number of thioether (sulfide) groups is 1. The van der Waals surface area contributed by atoms with Crippen LogP contribution < -0.4 is 0 Å². The van der Waals surface area contributed by atoms with E-state index in [1.54, 1.807) is 12.4 Å². The van der Waals surface area contributed by atoms with E-state index in [4.69, 9.17) is 25.8 Å². The quantitative estimate of drug-likeness (QED) is 0.284. The van der Waals surface area contributed by atoms with E-state index in [1.165, 1.54) is 22.6 Å². The number of ether oxygens (including phenoxy) is 3. The van der Waals surface area contributed by atoms with Crippen LogP contribution in [0.3, 0.4) is 0 Å². The van der Waals surface area contributed by atoms with Crippen molar-refractivity contribution in [1.82, 2.24) is 20.0 Å². The van der Waals surface area contributed by atoms with Gasteiger partial charge in [-0.25, -0.2) is 13.5 Å². The Bertz CT molecular complexity index is 1460. The fourth-order valence-corrected chi connectivity index (χ4v) is 6.32. The molecule has 39 heavy (non-hydrogen) atoms. The Hall–Kier alpha value is -2.45. The summed E-state index contributed by atoms with van der Waals surface area (Å²) in [4.78, 5) is 4.96. The molecule has 6 atom stereocenters. The largest absolute Gasteiger partial charge is 0.387 e. The van der Waals surface area contributed by atoms with E-state index in [1.807, 2.05) is 36.4 Å². The van der Waals surface area contributed by atoms with Gasteiger partial charge in [-0.2, -0.15) is 0 Å². The standard InChI is InChI=1S/C26H20BrClF2N4O4S/c27-15-8-16(10-31-9-15)39-26-23(35)22(24-20(37-26)12-36-25(38-24)13-4-2-1-3-5-13)34-11-19(32-33-34)14-6-17(29)21(28)18(30)7-14/h1-11,20,22-26,35H,12H2/t20?,22-,23?,24+,25?,26-/m1/s1. The molecule has 0 saturated carbocycles. The van der Waals surface area contributed by atoms with E-state index in [2.05, 4.69) is 31.2 Å². The first-order valence-corrected chi connectivity index (χ1v) is 13.9.